The van der Waals surface area contributed by atoms with Gasteiger partial charge < -0.3 is 9.80 Å². The van der Waals surface area contributed by atoms with Crippen molar-refractivity contribution in [1.82, 2.24) is 24.5 Å². The van der Waals surface area contributed by atoms with Crippen LogP contribution in [0.15, 0.2) is 24.4 Å². The summed E-state index contributed by atoms with van der Waals surface area (Å²) in [6, 6.07) is 4.55. The molecule has 0 saturated carbocycles. The first-order chi connectivity index (χ1) is 14.7. The van der Waals surface area contributed by atoms with Crippen LogP contribution in [0.2, 0.25) is 0 Å². The molecule has 2 aliphatic heterocycles. The predicted octanol–water partition coefficient (Wildman–Crippen LogP) is 3.13. The molecule has 5 heterocycles. The van der Waals surface area contributed by atoms with Gasteiger partial charge in [0, 0.05) is 61.2 Å². The lowest BCUT2D eigenvalue weighted by molar-refractivity contribution is -0.141. The number of carbonyl (C=O) groups is 1. The molecule has 0 spiro atoms. The summed E-state index contributed by atoms with van der Waals surface area (Å²) in [7, 11) is 0. The normalized spacial score (nSPS) is 16.7. The van der Waals surface area contributed by atoms with Gasteiger partial charge in [0.15, 0.2) is 5.65 Å². The summed E-state index contributed by atoms with van der Waals surface area (Å²) in [5.74, 6) is 0.160. The average Bonchev–Trinajstić information content (AvgIpc) is 3.27. The molecule has 1 fully saturated rings. The monoisotopic (exact) mass is 430 g/mol. The SMILES string of the molecule is Cc1cc2nc(C)c3c(n2n1)CN(C(=O)CC1CN(c2ccnc(C(F)(F)F)c2)C1)C3. The van der Waals surface area contributed by atoms with Gasteiger partial charge >= 0.3 is 6.18 Å². The second kappa shape index (κ2) is 6.93. The number of pyridine rings is 1. The van der Waals surface area contributed by atoms with Crippen molar-refractivity contribution in [3.05, 3.63) is 52.7 Å². The molecule has 0 aliphatic carbocycles. The lowest BCUT2D eigenvalue weighted by atomic mass is 9.95. The van der Waals surface area contributed by atoms with Crippen molar-refractivity contribution >= 4 is 17.2 Å². The molecule has 5 rings (SSSR count). The molecule has 31 heavy (non-hydrogen) atoms. The number of rotatable bonds is 3. The van der Waals surface area contributed by atoms with Crippen molar-refractivity contribution in [2.75, 3.05) is 18.0 Å². The van der Waals surface area contributed by atoms with Gasteiger partial charge in [-0.2, -0.15) is 18.3 Å². The Hall–Kier alpha value is -3.17. The molecule has 3 aromatic heterocycles. The molecule has 162 valence electrons. The number of carbonyl (C=O) groups excluding carboxylic acids is 1. The molecule has 0 N–H and O–H groups in total. The minimum Gasteiger partial charge on any atom is -0.371 e. The van der Waals surface area contributed by atoms with E-state index in [2.05, 4.69) is 15.1 Å². The van der Waals surface area contributed by atoms with Crippen LogP contribution in [0.4, 0.5) is 18.9 Å². The zero-order chi connectivity index (χ0) is 21.9. The predicted molar refractivity (Wildman–Crippen MR) is 106 cm³/mol. The first-order valence-corrected chi connectivity index (χ1v) is 10.1. The third-order valence-electron chi connectivity index (χ3n) is 6.00. The Morgan fingerprint density at radius 3 is 2.71 bits per heavy atom. The van der Waals surface area contributed by atoms with Crippen LogP contribution in [0.1, 0.15) is 34.8 Å². The van der Waals surface area contributed by atoms with Crippen LogP contribution in [0, 0.1) is 19.8 Å². The first-order valence-electron chi connectivity index (χ1n) is 10.1. The van der Waals surface area contributed by atoms with Gasteiger partial charge in [-0.05, 0) is 26.0 Å². The molecular weight excluding hydrogens is 409 g/mol. The zero-order valence-electron chi connectivity index (χ0n) is 17.1. The topological polar surface area (TPSA) is 66.6 Å². The van der Waals surface area contributed by atoms with E-state index < -0.39 is 11.9 Å². The van der Waals surface area contributed by atoms with E-state index in [-0.39, 0.29) is 11.8 Å². The molecule has 0 aromatic carbocycles. The minimum absolute atomic E-state index is 0.0444. The van der Waals surface area contributed by atoms with Crippen LogP contribution in [0.5, 0.6) is 0 Å². The van der Waals surface area contributed by atoms with E-state index in [0.29, 0.717) is 38.3 Å². The van der Waals surface area contributed by atoms with Crippen LogP contribution < -0.4 is 4.90 Å². The van der Waals surface area contributed by atoms with Gasteiger partial charge in [-0.1, -0.05) is 0 Å². The summed E-state index contributed by atoms with van der Waals surface area (Å²) < 4.78 is 40.4. The summed E-state index contributed by atoms with van der Waals surface area (Å²) >= 11 is 0. The van der Waals surface area contributed by atoms with E-state index in [0.717, 1.165) is 34.4 Å². The number of fused-ring (bicyclic) bond motifs is 3. The summed E-state index contributed by atoms with van der Waals surface area (Å²) in [5.41, 5.74) is 4.19. The molecule has 0 unspecified atom stereocenters. The number of halogens is 3. The molecule has 1 saturated heterocycles. The van der Waals surface area contributed by atoms with Crippen LogP contribution in [0.3, 0.4) is 0 Å². The molecule has 0 bridgehead atoms. The van der Waals surface area contributed by atoms with Crippen molar-refractivity contribution < 1.29 is 18.0 Å². The molecule has 0 atom stereocenters. The van der Waals surface area contributed by atoms with Crippen molar-refractivity contribution in [1.29, 1.82) is 0 Å². The van der Waals surface area contributed by atoms with Gasteiger partial charge in [0.05, 0.1) is 17.9 Å². The number of aryl methyl sites for hydroxylation is 2. The quantitative estimate of drug-likeness (QED) is 0.639. The standard InChI is InChI=1S/C21H21F3N6O/c1-12-5-19-26-13(2)16-10-29(11-17(16)30(19)27-12)20(31)6-14-8-28(9-14)15-3-4-25-18(7-15)21(22,23)24/h3-5,7,14H,6,8-11H2,1-2H3. The zero-order valence-corrected chi connectivity index (χ0v) is 17.1. The number of hydrogen-bond donors (Lipinski definition) is 0. The van der Waals surface area contributed by atoms with E-state index in [1.807, 2.05) is 34.2 Å². The van der Waals surface area contributed by atoms with Crippen molar-refractivity contribution in [3.63, 3.8) is 0 Å². The van der Waals surface area contributed by atoms with Gasteiger partial charge in [-0.25, -0.2) is 9.50 Å². The maximum Gasteiger partial charge on any atom is 0.433 e. The summed E-state index contributed by atoms with van der Waals surface area (Å²) in [6.45, 7) is 5.97. The second-order valence-electron chi connectivity index (χ2n) is 8.30. The Labute approximate surface area is 176 Å². The van der Waals surface area contributed by atoms with Crippen LogP contribution >= 0.6 is 0 Å². The van der Waals surface area contributed by atoms with Gasteiger partial charge in [0.2, 0.25) is 5.91 Å². The third kappa shape index (κ3) is 3.49. The minimum atomic E-state index is -4.47. The molecule has 3 aromatic rings. The van der Waals surface area contributed by atoms with E-state index in [4.69, 9.17) is 0 Å². The van der Waals surface area contributed by atoms with Crippen molar-refractivity contribution in [3.8, 4) is 0 Å². The van der Waals surface area contributed by atoms with Crippen molar-refractivity contribution in [2.24, 2.45) is 5.92 Å². The maximum absolute atomic E-state index is 12.9. The number of amides is 1. The highest BCUT2D eigenvalue weighted by atomic mass is 19.4. The molecule has 10 heteroatoms. The number of hydrogen-bond acceptors (Lipinski definition) is 5. The third-order valence-corrected chi connectivity index (χ3v) is 6.00. The molecular formula is C21H21F3N6O. The Morgan fingerprint density at radius 1 is 1.19 bits per heavy atom. The van der Waals surface area contributed by atoms with E-state index in [9.17, 15) is 18.0 Å². The maximum atomic E-state index is 12.9. The Kier molecular flexibility index (Phi) is 4.42. The van der Waals surface area contributed by atoms with Gasteiger partial charge in [-0.3, -0.25) is 9.78 Å². The summed E-state index contributed by atoms with van der Waals surface area (Å²) in [6.07, 6.45) is -2.92. The molecule has 0 radical (unpaired) electrons. The van der Waals surface area contributed by atoms with Crippen LogP contribution in [-0.4, -0.2) is 43.5 Å². The highest BCUT2D eigenvalue weighted by molar-refractivity contribution is 5.77. The molecule has 7 nitrogen and oxygen atoms in total. The Balaban J connectivity index is 1.22. The van der Waals surface area contributed by atoms with Gasteiger partial charge in [-0.15, -0.1) is 0 Å². The second-order valence-corrected chi connectivity index (χ2v) is 8.30. The molecule has 2 aliphatic rings. The number of aromatic nitrogens is 4. The lowest BCUT2D eigenvalue weighted by Gasteiger charge is -2.41. The van der Waals surface area contributed by atoms with Crippen LogP contribution in [0.25, 0.3) is 5.65 Å². The fourth-order valence-electron chi connectivity index (χ4n) is 4.37. The lowest BCUT2D eigenvalue weighted by Crippen LogP contribution is -2.48. The van der Waals surface area contributed by atoms with E-state index >= 15 is 0 Å². The largest absolute Gasteiger partial charge is 0.433 e. The Bertz CT molecular complexity index is 1180. The number of anilines is 1. The average molecular weight is 430 g/mol. The van der Waals surface area contributed by atoms with Gasteiger partial charge in [0.1, 0.15) is 5.69 Å². The highest BCUT2D eigenvalue weighted by Gasteiger charge is 2.36. The Morgan fingerprint density at radius 2 is 1.97 bits per heavy atom. The fourth-order valence-corrected chi connectivity index (χ4v) is 4.37. The summed E-state index contributed by atoms with van der Waals surface area (Å²) in [5, 5.41) is 4.50. The highest BCUT2D eigenvalue weighted by Crippen LogP contribution is 2.33. The van der Waals surface area contributed by atoms with Crippen molar-refractivity contribution in [2.45, 2.75) is 39.5 Å². The first kappa shape index (κ1) is 19.8. The number of alkyl halides is 3. The van der Waals surface area contributed by atoms with E-state index in [1.165, 1.54) is 6.20 Å². The van der Waals surface area contributed by atoms with Gasteiger partial charge in [0.25, 0.3) is 0 Å². The summed E-state index contributed by atoms with van der Waals surface area (Å²) in [4.78, 5) is 24.5. The fraction of sp³-hybridized carbons (Fsp3) is 0.429. The number of nitrogens with zero attached hydrogens (tertiary/aromatic N) is 6. The smallest absolute Gasteiger partial charge is 0.371 e. The molecule has 1 amide bonds. The van der Waals surface area contributed by atoms with E-state index in [1.54, 1.807) is 6.07 Å². The van der Waals surface area contributed by atoms with Crippen LogP contribution in [-0.2, 0) is 24.1 Å².